The Kier molecular flexibility index (Phi) is 5.49. The van der Waals surface area contributed by atoms with Crippen LogP contribution in [0.25, 0.3) is 0 Å². The molecular weight excluding hydrogens is 258 g/mol. The number of pyridine rings is 1. The van der Waals surface area contributed by atoms with Gasteiger partial charge in [-0.3, -0.25) is 9.78 Å². The lowest BCUT2D eigenvalue weighted by Gasteiger charge is -2.21. The van der Waals surface area contributed by atoms with Gasteiger partial charge in [-0.15, -0.1) is 0 Å². The number of hydrogen-bond acceptors (Lipinski definition) is 4. The number of nitrogens with zero attached hydrogens (tertiary/aromatic N) is 1. The van der Waals surface area contributed by atoms with Crippen molar-refractivity contribution in [3.63, 3.8) is 0 Å². The lowest BCUT2D eigenvalue weighted by molar-refractivity contribution is -0.122. The number of hydrogen-bond donors (Lipinski definition) is 2. The van der Waals surface area contributed by atoms with E-state index in [0.29, 0.717) is 6.54 Å². The van der Waals surface area contributed by atoms with Crippen molar-refractivity contribution in [2.45, 2.75) is 45.9 Å². The largest absolute Gasteiger partial charge is 0.444 e. The first-order valence-electron chi connectivity index (χ1n) is 6.44. The lowest BCUT2D eigenvalue weighted by Crippen LogP contribution is -2.46. The van der Waals surface area contributed by atoms with E-state index in [2.05, 4.69) is 15.6 Å². The van der Waals surface area contributed by atoms with Gasteiger partial charge in [0.05, 0.1) is 0 Å². The molecule has 2 N–H and O–H groups in total. The van der Waals surface area contributed by atoms with Crippen molar-refractivity contribution in [1.29, 1.82) is 0 Å². The number of carbonyl (C=O) groups excluding carboxylic acids is 2. The first kappa shape index (κ1) is 15.9. The van der Waals surface area contributed by atoms with E-state index < -0.39 is 17.7 Å². The summed E-state index contributed by atoms with van der Waals surface area (Å²) in [4.78, 5) is 27.2. The standard InChI is InChI=1S/C14H21N3O3/c1-10(17-13(19)20-14(2,3)4)12(18)16-9-11-5-7-15-8-6-11/h5-8,10H,9H2,1-4H3,(H,16,18)(H,17,19). The minimum atomic E-state index is -0.660. The summed E-state index contributed by atoms with van der Waals surface area (Å²) in [6.07, 6.45) is 2.71. The Balaban J connectivity index is 2.38. The van der Waals surface area contributed by atoms with Crippen LogP contribution in [-0.2, 0) is 16.1 Å². The maximum atomic E-state index is 11.8. The van der Waals surface area contributed by atoms with Crippen molar-refractivity contribution >= 4 is 12.0 Å². The van der Waals surface area contributed by atoms with Crippen molar-refractivity contribution in [1.82, 2.24) is 15.6 Å². The molecule has 0 radical (unpaired) electrons. The molecule has 1 atom stereocenters. The van der Waals surface area contributed by atoms with E-state index in [1.54, 1.807) is 40.1 Å². The number of aromatic nitrogens is 1. The topological polar surface area (TPSA) is 80.3 Å². The fourth-order valence-electron chi connectivity index (χ4n) is 1.39. The van der Waals surface area contributed by atoms with Gasteiger partial charge in [0.25, 0.3) is 0 Å². The number of nitrogens with one attached hydrogen (secondary N) is 2. The van der Waals surface area contributed by atoms with E-state index >= 15 is 0 Å². The quantitative estimate of drug-likeness (QED) is 0.877. The summed E-state index contributed by atoms with van der Waals surface area (Å²) < 4.78 is 5.08. The molecule has 1 aromatic rings. The minimum Gasteiger partial charge on any atom is -0.444 e. The van der Waals surface area contributed by atoms with Gasteiger partial charge in [0, 0.05) is 18.9 Å². The number of alkyl carbamates (subject to hydrolysis) is 1. The van der Waals surface area contributed by atoms with E-state index in [0.717, 1.165) is 5.56 Å². The first-order valence-corrected chi connectivity index (χ1v) is 6.44. The molecule has 0 saturated heterocycles. The highest BCUT2D eigenvalue weighted by atomic mass is 16.6. The molecule has 0 saturated carbocycles. The van der Waals surface area contributed by atoms with Gasteiger partial charge in [-0.2, -0.15) is 0 Å². The summed E-state index contributed by atoms with van der Waals surface area (Å²) in [5.41, 5.74) is 0.356. The fraction of sp³-hybridized carbons (Fsp3) is 0.500. The van der Waals surface area contributed by atoms with E-state index in [4.69, 9.17) is 4.74 Å². The summed E-state index contributed by atoms with van der Waals surface area (Å²) >= 11 is 0. The zero-order valence-electron chi connectivity index (χ0n) is 12.3. The highest BCUT2D eigenvalue weighted by Crippen LogP contribution is 2.06. The normalized spacial score (nSPS) is 12.4. The number of carbonyl (C=O) groups is 2. The Morgan fingerprint density at radius 1 is 1.30 bits per heavy atom. The molecule has 1 rings (SSSR count). The third kappa shape index (κ3) is 6.17. The summed E-state index contributed by atoms with van der Waals surface area (Å²) in [7, 11) is 0. The predicted molar refractivity (Wildman–Crippen MR) is 74.9 cm³/mol. The van der Waals surface area contributed by atoms with Crippen LogP contribution in [-0.4, -0.2) is 28.6 Å². The molecule has 0 bridgehead atoms. The number of ether oxygens (including phenoxy) is 1. The van der Waals surface area contributed by atoms with Crippen LogP contribution < -0.4 is 10.6 Å². The van der Waals surface area contributed by atoms with Crippen molar-refractivity contribution in [2.24, 2.45) is 0 Å². The first-order chi connectivity index (χ1) is 9.28. The lowest BCUT2D eigenvalue weighted by atomic mass is 10.2. The second-order valence-corrected chi connectivity index (χ2v) is 5.44. The third-order valence-corrected chi connectivity index (χ3v) is 2.34. The second-order valence-electron chi connectivity index (χ2n) is 5.44. The SMILES string of the molecule is CC(NC(=O)OC(C)(C)C)C(=O)NCc1ccncc1. The van der Waals surface area contributed by atoms with Gasteiger partial charge in [-0.05, 0) is 45.4 Å². The monoisotopic (exact) mass is 279 g/mol. The number of rotatable bonds is 4. The zero-order valence-corrected chi connectivity index (χ0v) is 12.3. The summed E-state index contributed by atoms with van der Waals surface area (Å²) in [6, 6.07) is 2.96. The molecule has 6 nitrogen and oxygen atoms in total. The van der Waals surface area contributed by atoms with E-state index in [-0.39, 0.29) is 5.91 Å². The Bertz CT molecular complexity index is 454. The minimum absolute atomic E-state index is 0.271. The van der Waals surface area contributed by atoms with Crippen LogP contribution in [0.3, 0.4) is 0 Å². The van der Waals surface area contributed by atoms with Crippen LogP contribution in [0.5, 0.6) is 0 Å². The molecule has 0 aliphatic carbocycles. The molecular formula is C14H21N3O3. The Hall–Kier alpha value is -2.11. The van der Waals surface area contributed by atoms with Crippen LogP contribution >= 0.6 is 0 Å². The highest BCUT2D eigenvalue weighted by molar-refractivity contribution is 5.85. The Labute approximate surface area is 118 Å². The Morgan fingerprint density at radius 2 is 1.90 bits per heavy atom. The molecule has 1 unspecified atom stereocenters. The van der Waals surface area contributed by atoms with Gasteiger partial charge in [-0.25, -0.2) is 4.79 Å². The summed E-state index contributed by atoms with van der Waals surface area (Å²) in [5.74, 6) is -0.271. The third-order valence-electron chi connectivity index (χ3n) is 2.34. The fourth-order valence-corrected chi connectivity index (χ4v) is 1.39. The summed E-state index contributed by atoms with van der Waals surface area (Å²) in [5, 5.41) is 5.22. The van der Waals surface area contributed by atoms with Gasteiger partial charge in [-0.1, -0.05) is 0 Å². The smallest absolute Gasteiger partial charge is 0.408 e. The molecule has 0 aliphatic rings. The maximum absolute atomic E-state index is 11.8. The molecule has 1 aromatic heterocycles. The number of amides is 2. The van der Waals surface area contributed by atoms with Crippen LogP contribution in [0.2, 0.25) is 0 Å². The van der Waals surface area contributed by atoms with Gasteiger partial charge in [0.2, 0.25) is 5.91 Å². The molecule has 2 amide bonds. The van der Waals surface area contributed by atoms with Crippen LogP contribution in [0, 0.1) is 0 Å². The van der Waals surface area contributed by atoms with Gasteiger partial charge < -0.3 is 15.4 Å². The Morgan fingerprint density at radius 3 is 2.45 bits per heavy atom. The molecule has 20 heavy (non-hydrogen) atoms. The van der Waals surface area contributed by atoms with Crippen molar-refractivity contribution in [3.8, 4) is 0 Å². The average Bonchev–Trinajstić information content (AvgIpc) is 2.34. The van der Waals surface area contributed by atoms with E-state index in [1.165, 1.54) is 0 Å². The predicted octanol–water partition coefficient (Wildman–Crippen LogP) is 1.61. The zero-order chi connectivity index (χ0) is 15.2. The van der Waals surface area contributed by atoms with Gasteiger partial charge in [0.1, 0.15) is 11.6 Å². The van der Waals surface area contributed by atoms with Crippen LogP contribution in [0.4, 0.5) is 4.79 Å². The van der Waals surface area contributed by atoms with Gasteiger partial charge in [0.15, 0.2) is 0 Å². The van der Waals surface area contributed by atoms with E-state index in [1.807, 2.05) is 12.1 Å². The molecule has 0 aliphatic heterocycles. The van der Waals surface area contributed by atoms with Crippen LogP contribution in [0.1, 0.15) is 33.3 Å². The molecule has 0 fully saturated rings. The van der Waals surface area contributed by atoms with E-state index in [9.17, 15) is 9.59 Å². The van der Waals surface area contributed by atoms with Crippen molar-refractivity contribution < 1.29 is 14.3 Å². The molecule has 110 valence electrons. The second kappa shape index (κ2) is 6.88. The highest BCUT2D eigenvalue weighted by Gasteiger charge is 2.20. The molecule has 0 aromatic carbocycles. The average molecular weight is 279 g/mol. The van der Waals surface area contributed by atoms with Crippen LogP contribution in [0.15, 0.2) is 24.5 Å². The van der Waals surface area contributed by atoms with Gasteiger partial charge >= 0.3 is 6.09 Å². The molecule has 1 heterocycles. The molecule has 6 heteroatoms. The van der Waals surface area contributed by atoms with Crippen molar-refractivity contribution in [3.05, 3.63) is 30.1 Å². The molecule has 0 spiro atoms. The van der Waals surface area contributed by atoms with Crippen molar-refractivity contribution in [2.75, 3.05) is 0 Å². The summed E-state index contributed by atoms with van der Waals surface area (Å²) in [6.45, 7) is 7.29. The maximum Gasteiger partial charge on any atom is 0.408 e.